The second-order valence-corrected chi connectivity index (χ2v) is 5.90. The maximum Gasteiger partial charge on any atom is 0.347 e. The second kappa shape index (κ2) is 9.38. The zero-order chi connectivity index (χ0) is 19.8. The molecule has 2 rings (SSSR count). The number of nitrogens with one attached hydrogen (secondary N) is 2. The van der Waals surface area contributed by atoms with Gasteiger partial charge in [0, 0.05) is 18.3 Å². The van der Waals surface area contributed by atoms with Crippen LogP contribution in [0.5, 0.6) is 5.75 Å². The van der Waals surface area contributed by atoms with E-state index in [0.717, 1.165) is 0 Å². The summed E-state index contributed by atoms with van der Waals surface area (Å²) in [6, 6.07) is 15.5. The lowest BCUT2D eigenvalue weighted by Gasteiger charge is -2.18. The third kappa shape index (κ3) is 6.47. The molecule has 2 atom stereocenters. The zero-order valence-corrected chi connectivity index (χ0v) is 15.4. The minimum atomic E-state index is -0.991. The quantitative estimate of drug-likeness (QED) is 0.731. The topological polar surface area (TPSA) is 93.7 Å². The predicted molar refractivity (Wildman–Crippen MR) is 101 cm³/mol. The summed E-state index contributed by atoms with van der Waals surface area (Å²) in [5, 5.41) is 5.28. The van der Waals surface area contributed by atoms with Gasteiger partial charge < -0.3 is 20.1 Å². The Morgan fingerprint density at radius 1 is 0.815 bits per heavy atom. The van der Waals surface area contributed by atoms with Crippen molar-refractivity contribution in [1.29, 1.82) is 0 Å². The van der Waals surface area contributed by atoms with Crippen LogP contribution < -0.4 is 15.4 Å². The normalized spacial score (nSPS) is 12.4. The van der Waals surface area contributed by atoms with Crippen molar-refractivity contribution in [3.05, 3.63) is 54.6 Å². The Morgan fingerprint density at radius 2 is 1.37 bits per heavy atom. The fourth-order valence-electron chi connectivity index (χ4n) is 2.16. The third-order valence-corrected chi connectivity index (χ3v) is 3.52. The van der Waals surface area contributed by atoms with Gasteiger partial charge in [-0.1, -0.05) is 18.2 Å². The van der Waals surface area contributed by atoms with Gasteiger partial charge in [-0.05, 0) is 50.2 Å². The van der Waals surface area contributed by atoms with Crippen LogP contribution >= 0.6 is 0 Å². The Labute approximate surface area is 157 Å². The first-order chi connectivity index (χ1) is 12.8. The van der Waals surface area contributed by atoms with Crippen LogP contribution in [0.4, 0.5) is 11.4 Å². The molecule has 0 heterocycles. The largest absolute Gasteiger partial charge is 0.479 e. The van der Waals surface area contributed by atoms with Crippen molar-refractivity contribution in [3.8, 4) is 5.75 Å². The van der Waals surface area contributed by atoms with Crippen LogP contribution in [0.2, 0.25) is 0 Å². The number of rotatable bonds is 7. The van der Waals surface area contributed by atoms with Gasteiger partial charge in [0.05, 0.1) is 0 Å². The number of hydrogen-bond donors (Lipinski definition) is 2. The maximum absolute atomic E-state index is 12.2. The number of esters is 1. The number of hydrogen-bond acceptors (Lipinski definition) is 5. The van der Waals surface area contributed by atoms with E-state index in [-0.39, 0.29) is 5.91 Å². The Bertz CT molecular complexity index is 790. The maximum atomic E-state index is 12.2. The molecule has 0 spiro atoms. The number of anilines is 2. The van der Waals surface area contributed by atoms with Gasteiger partial charge in [-0.3, -0.25) is 9.59 Å². The average molecular weight is 370 g/mol. The highest BCUT2D eigenvalue weighted by molar-refractivity contribution is 5.95. The molecule has 2 amide bonds. The lowest BCUT2D eigenvalue weighted by molar-refractivity contribution is -0.159. The van der Waals surface area contributed by atoms with Gasteiger partial charge in [0.2, 0.25) is 5.91 Å². The highest BCUT2D eigenvalue weighted by Gasteiger charge is 2.23. The molecule has 0 aromatic heterocycles. The lowest BCUT2D eigenvalue weighted by atomic mass is 10.2. The van der Waals surface area contributed by atoms with Crippen molar-refractivity contribution in [2.75, 3.05) is 10.6 Å². The summed E-state index contributed by atoms with van der Waals surface area (Å²) < 4.78 is 10.6. The summed E-state index contributed by atoms with van der Waals surface area (Å²) >= 11 is 0. The van der Waals surface area contributed by atoms with Crippen molar-refractivity contribution in [2.45, 2.75) is 33.0 Å². The van der Waals surface area contributed by atoms with Crippen LogP contribution in [-0.2, 0) is 19.1 Å². The highest BCUT2D eigenvalue weighted by atomic mass is 16.6. The molecule has 2 N–H and O–H groups in total. The molecule has 142 valence electrons. The molecule has 0 aliphatic rings. The second-order valence-electron chi connectivity index (χ2n) is 5.90. The standard InChI is InChI=1S/C20H22N2O5/c1-13(27-20(25)14(2)26-18-7-5-4-6-8-18)19(24)22-17-11-9-16(10-12-17)21-15(3)23/h4-14H,1-3H3,(H,21,23)(H,22,24)/t13-,14+/m1/s1. The predicted octanol–water partition coefficient (Wildman–Crippen LogP) is 2.98. The van der Waals surface area contributed by atoms with Gasteiger partial charge in [-0.15, -0.1) is 0 Å². The molecule has 0 radical (unpaired) electrons. The summed E-state index contributed by atoms with van der Waals surface area (Å²) in [5.41, 5.74) is 1.14. The molecule has 0 saturated heterocycles. The average Bonchev–Trinajstić information content (AvgIpc) is 2.63. The first-order valence-corrected chi connectivity index (χ1v) is 8.46. The van der Waals surface area contributed by atoms with E-state index in [2.05, 4.69) is 10.6 Å². The molecule has 0 aliphatic heterocycles. The molecular weight excluding hydrogens is 348 g/mol. The van der Waals surface area contributed by atoms with Gasteiger partial charge in [0.15, 0.2) is 12.2 Å². The summed E-state index contributed by atoms with van der Waals surface area (Å²) in [6.45, 7) is 4.45. The number of ether oxygens (including phenoxy) is 2. The van der Waals surface area contributed by atoms with Crippen molar-refractivity contribution in [1.82, 2.24) is 0 Å². The Morgan fingerprint density at radius 3 is 1.93 bits per heavy atom. The molecule has 27 heavy (non-hydrogen) atoms. The minimum absolute atomic E-state index is 0.181. The smallest absolute Gasteiger partial charge is 0.347 e. The minimum Gasteiger partial charge on any atom is -0.479 e. The molecule has 2 aromatic rings. The van der Waals surface area contributed by atoms with E-state index in [1.165, 1.54) is 13.8 Å². The van der Waals surface area contributed by atoms with Gasteiger partial charge in [0.25, 0.3) is 5.91 Å². The zero-order valence-electron chi connectivity index (χ0n) is 15.4. The first-order valence-electron chi connectivity index (χ1n) is 8.46. The summed E-state index contributed by atoms with van der Waals surface area (Å²) in [4.78, 5) is 35.3. The summed E-state index contributed by atoms with van der Waals surface area (Å²) in [5.74, 6) is -0.748. The Hall–Kier alpha value is -3.35. The Balaban J connectivity index is 1.85. The molecular formula is C20H22N2O5. The fourth-order valence-corrected chi connectivity index (χ4v) is 2.16. The van der Waals surface area contributed by atoms with Gasteiger partial charge >= 0.3 is 5.97 Å². The Kier molecular flexibility index (Phi) is 6.93. The van der Waals surface area contributed by atoms with Crippen LogP contribution in [-0.4, -0.2) is 30.0 Å². The van der Waals surface area contributed by atoms with Crippen molar-refractivity contribution < 1.29 is 23.9 Å². The first kappa shape index (κ1) is 20.0. The van der Waals surface area contributed by atoms with E-state index in [1.807, 2.05) is 6.07 Å². The van der Waals surface area contributed by atoms with E-state index in [0.29, 0.717) is 17.1 Å². The highest BCUT2D eigenvalue weighted by Crippen LogP contribution is 2.15. The SMILES string of the molecule is CC(=O)Nc1ccc(NC(=O)[C@@H](C)OC(=O)[C@H](C)Oc2ccccc2)cc1. The molecule has 2 aromatic carbocycles. The molecule has 0 bridgehead atoms. The van der Waals surface area contributed by atoms with Crippen LogP contribution in [0.1, 0.15) is 20.8 Å². The van der Waals surface area contributed by atoms with Crippen LogP contribution in [0.3, 0.4) is 0 Å². The monoisotopic (exact) mass is 370 g/mol. The number of amides is 2. The molecule has 0 saturated carbocycles. The molecule has 0 aliphatic carbocycles. The van der Waals surface area contributed by atoms with Crippen LogP contribution in [0.15, 0.2) is 54.6 Å². The third-order valence-electron chi connectivity index (χ3n) is 3.52. The van der Waals surface area contributed by atoms with E-state index in [1.54, 1.807) is 55.5 Å². The fraction of sp³-hybridized carbons (Fsp3) is 0.250. The number of para-hydroxylation sites is 1. The van der Waals surface area contributed by atoms with E-state index in [9.17, 15) is 14.4 Å². The van der Waals surface area contributed by atoms with Gasteiger partial charge in [-0.25, -0.2) is 4.79 Å². The summed E-state index contributed by atoms with van der Waals surface area (Å²) in [7, 11) is 0. The van der Waals surface area contributed by atoms with E-state index < -0.39 is 24.1 Å². The summed E-state index contributed by atoms with van der Waals surface area (Å²) in [6.07, 6.45) is -1.84. The van der Waals surface area contributed by atoms with Crippen molar-refractivity contribution in [3.63, 3.8) is 0 Å². The van der Waals surface area contributed by atoms with Crippen molar-refractivity contribution >= 4 is 29.2 Å². The molecule has 7 heteroatoms. The molecule has 0 fully saturated rings. The van der Waals surface area contributed by atoms with Crippen LogP contribution in [0.25, 0.3) is 0 Å². The lowest BCUT2D eigenvalue weighted by Crippen LogP contribution is -2.35. The number of benzene rings is 2. The van der Waals surface area contributed by atoms with Crippen LogP contribution in [0, 0.1) is 0 Å². The molecule has 7 nitrogen and oxygen atoms in total. The van der Waals surface area contributed by atoms with E-state index >= 15 is 0 Å². The van der Waals surface area contributed by atoms with Gasteiger partial charge in [0.1, 0.15) is 5.75 Å². The van der Waals surface area contributed by atoms with E-state index in [4.69, 9.17) is 9.47 Å². The number of carbonyl (C=O) groups is 3. The number of carbonyl (C=O) groups excluding carboxylic acids is 3. The van der Waals surface area contributed by atoms with Crippen molar-refractivity contribution in [2.24, 2.45) is 0 Å². The van der Waals surface area contributed by atoms with Gasteiger partial charge in [-0.2, -0.15) is 0 Å². The molecule has 0 unspecified atom stereocenters.